The second-order valence-electron chi connectivity index (χ2n) is 4.69. The van der Waals surface area contributed by atoms with Crippen LogP contribution in [0.3, 0.4) is 0 Å². The summed E-state index contributed by atoms with van der Waals surface area (Å²) in [5, 5.41) is 0. The van der Waals surface area contributed by atoms with Crippen molar-refractivity contribution in [1.29, 1.82) is 0 Å². The third-order valence-corrected chi connectivity index (χ3v) is 2.68. The predicted molar refractivity (Wildman–Crippen MR) is 61.8 cm³/mol. The van der Waals surface area contributed by atoms with E-state index < -0.39 is 0 Å². The topological polar surface area (TPSA) is 0 Å². The SMILES string of the molecule is C=C(C)CC(=C(C)C)C(C)C(C)C. The van der Waals surface area contributed by atoms with Crippen LogP contribution in [0.25, 0.3) is 0 Å². The quantitative estimate of drug-likeness (QED) is 0.555. The summed E-state index contributed by atoms with van der Waals surface area (Å²) in [4.78, 5) is 0. The van der Waals surface area contributed by atoms with Crippen LogP contribution in [0.15, 0.2) is 23.3 Å². The van der Waals surface area contributed by atoms with Crippen molar-refractivity contribution in [3.05, 3.63) is 23.3 Å². The Kier molecular flexibility index (Phi) is 5.05. The highest BCUT2D eigenvalue weighted by molar-refractivity contribution is 5.19. The van der Waals surface area contributed by atoms with E-state index in [1.54, 1.807) is 5.57 Å². The minimum Gasteiger partial charge on any atom is -0.0998 e. The Balaban J connectivity index is 4.64. The van der Waals surface area contributed by atoms with Gasteiger partial charge < -0.3 is 0 Å². The van der Waals surface area contributed by atoms with E-state index in [0.29, 0.717) is 5.92 Å². The summed E-state index contributed by atoms with van der Waals surface area (Å²) >= 11 is 0. The maximum Gasteiger partial charge on any atom is -0.0109 e. The predicted octanol–water partition coefficient (Wildman–Crippen LogP) is 4.58. The van der Waals surface area contributed by atoms with Gasteiger partial charge >= 0.3 is 0 Å². The number of hydrogen-bond donors (Lipinski definition) is 0. The molecule has 0 aromatic rings. The average molecular weight is 180 g/mol. The Bertz CT molecular complexity index is 202. The molecule has 0 aliphatic rings. The van der Waals surface area contributed by atoms with Gasteiger partial charge in [0.25, 0.3) is 0 Å². The van der Waals surface area contributed by atoms with Crippen LogP contribution in [0, 0.1) is 11.8 Å². The van der Waals surface area contributed by atoms with Gasteiger partial charge in [0, 0.05) is 0 Å². The zero-order chi connectivity index (χ0) is 10.6. The first-order valence-corrected chi connectivity index (χ1v) is 5.16. The molecule has 1 atom stereocenters. The molecule has 0 bridgehead atoms. The number of rotatable bonds is 4. The summed E-state index contributed by atoms with van der Waals surface area (Å²) in [6.45, 7) is 17.4. The van der Waals surface area contributed by atoms with E-state index in [9.17, 15) is 0 Å². The summed E-state index contributed by atoms with van der Waals surface area (Å²) in [7, 11) is 0. The molecule has 0 aromatic heterocycles. The molecular weight excluding hydrogens is 156 g/mol. The van der Waals surface area contributed by atoms with E-state index in [1.165, 1.54) is 11.1 Å². The van der Waals surface area contributed by atoms with Crippen molar-refractivity contribution in [2.45, 2.75) is 48.0 Å². The van der Waals surface area contributed by atoms with Gasteiger partial charge in [0.2, 0.25) is 0 Å². The van der Waals surface area contributed by atoms with Crippen molar-refractivity contribution in [3.8, 4) is 0 Å². The lowest BCUT2D eigenvalue weighted by Gasteiger charge is -2.21. The summed E-state index contributed by atoms with van der Waals surface area (Å²) in [6, 6.07) is 0. The molecule has 1 unspecified atom stereocenters. The molecule has 13 heavy (non-hydrogen) atoms. The van der Waals surface area contributed by atoms with Crippen LogP contribution >= 0.6 is 0 Å². The molecule has 0 radical (unpaired) electrons. The van der Waals surface area contributed by atoms with Gasteiger partial charge in [0.05, 0.1) is 0 Å². The molecule has 0 amide bonds. The maximum atomic E-state index is 3.98. The largest absolute Gasteiger partial charge is 0.0998 e. The summed E-state index contributed by atoms with van der Waals surface area (Å²) < 4.78 is 0. The van der Waals surface area contributed by atoms with E-state index in [-0.39, 0.29) is 0 Å². The van der Waals surface area contributed by atoms with Crippen LogP contribution in [0.5, 0.6) is 0 Å². The molecule has 0 aliphatic heterocycles. The van der Waals surface area contributed by atoms with Crippen LogP contribution in [0.4, 0.5) is 0 Å². The molecule has 0 rings (SSSR count). The minimum absolute atomic E-state index is 0.682. The fraction of sp³-hybridized carbons (Fsp3) is 0.692. The summed E-state index contributed by atoms with van der Waals surface area (Å²) in [5.74, 6) is 1.41. The van der Waals surface area contributed by atoms with Crippen molar-refractivity contribution in [2.24, 2.45) is 11.8 Å². The summed E-state index contributed by atoms with van der Waals surface area (Å²) in [5.41, 5.74) is 4.30. The Morgan fingerprint density at radius 3 is 1.77 bits per heavy atom. The van der Waals surface area contributed by atoms with Crippen molar-refractivity contribution in [3.63, 3.8) is 0 Å². The fourth-order valence-corrected chi connectivity index (χ4v) is 1.52. The van der Waals surface area contributed by atoms with Gasteiger partial charge in [-0.05, 0) is 39.0 Å². The van der Waals surface area contributed by atoms with Gasteiger partial charge in [-0.1, -0.05) is 44.1 Å². The second-order valence-corrected chi connectivity index (χ2v) is 4.69. The molecule has 0 fully saturated rings. The molecule has 0 heterocycles. The lowest BCUT2D eigenvalue weighted by atomic mass is 9.84. The molecule has 76 valence electrons. The Labute approximate surface area is 83.7 Å². The molecule has 0 saturated heterocycles. The van der Waals surface area contributed by atoms with Crippen molar-refractivity contribution < 1.29 is 0 Å². The summed E-state index contributed by atoms with van der Waals surface area (Å²) in [6.07, 6.45) is 1.07. The fourth-order valence-electron chi connectivity index (χ4n) is 1.52. The highest BCUT2D eigenvalue weighted by Gasteiger charge is 2.13. The lowest BCUT2D eigenvalue weighted by molar-refractivity contribution is 0.468. The van der Waals surface area contributed by atoms with Crippen LogP contribution < -0.4 is 0 Å². The zero-order valence-corrected chi connectivity index (χ0v) is 10.1. The Hall–Kier alpha value is -0.520. The van der Waals surface area contributed by atoms with Gasteiger partial charge in [-0.2, -0.15) is 0 Å². The van der Waals surface area contributed by atoms with Crippen molar-refractivity contribution in [2.75, 3.05) is 0 Å². The first kappa shape index (κ1) is 12.5. The first-order valence-electron chi connectivity index (χ1n) is 5.16. The molecule has 0 spiro atoms. The van der Waals surface area contributed by atoms with E-state index >= 15 is 0 Å². The zero-order valence-electron chi connectivity index (χ0n) is 10.1. The van der Waals surface area contributed by atoms with E-state index in [0.717, 1.165) is 12.3 Å². The van der Waals surface area contributed by atoms with E-state index in [2.05, 4.69) is 48.1 Å². The smallest absolute Gasteiger partial charge is 0.0109 e. The van der Waals surface area contributed by atoms with Crippen molar-refractivity contribution >= 4 is 0 Å². The molecule has 0 aliphatic carbocycles. The van der Waals surface area contributed by atoms with Gasteiger partial charge in [0.15, 0.2) is 0 Å². The van der Waals surface area contributed by atoms with E-state index in [1.807, 2.05) is 0 Å². The molecule has 0 aromatic carbocycles. The second kappa shape index (κ2) is 5.26. The highest BCUT2D eigenvalue weighted by atomic mass is 14.2. The average Bonchev–Trinajstić information content (AvgIpc) is 1.97. The van der Waals surface area contributed by atoms with E-state index in [4.69, 9.17) is 0 Å². The van der Waals surface area contributed by atoms with Crippen LogP contribution in [-0.2, 0) is 0 Å². The standard InChI is InChI=1S/C13H24/c1-9(2)8-13(11(5)6)12(7)10(3)4/h10,12H,1,8H2,2-7H3. The normalized spacial score (nSPS) is 12.8. The number of hydrogen-bond acceptors (Lipinski definition) is 0. The Morgan fingerprint density at radius 2 is 1.54 bits per heavy atom. The van der Waals surface area contributed by atoms with Crippen molar-refractivity contribution in [1.82, 2.24) is 0 Å². The minimum atomic E-state index is 0.682. The lowest BCUT2D eigenvalue weighted by Crippen LogP contribution is -2.09. The van der Waals surface area contributed by atoms with Crippen LogP contribution in [-0.4, -0.2) is 0 Å². The molecule has 0 saturated carbocycles. The van der Waals surface area contributed by atoms with Crippen LogP contribution in [0.1, 0.15) is 48.0 Å². The monoisotopic (exact) mass is 180 g/mol. The highest BCUT2D eigenvalue weighted by Crippen LogP contribution is 2.27. The van der Waals surface area contributed by atoms with Gasteiger partial charge in [-0.15, -0.1) is 0 Å². The first-order chi connectivity index (χ1) is 5.86. The third kappa shape index (κ3) is 4.31. The number of allylic oxidation sites excluding steroid dienone is 3. The maximum absolute atomic E-state index is 3.98. The third-order valence-electron chi connectivity index (χ3n) is 2.68. The molecule has 0 N–H and O–H groups in total. The molecular formula is C13H24. The van der Waals surface area contributed by atoms with Gasteiger partial charge in [-0.3, -0.25) is 0 Å². The molecule has 0 nitrogen and oxygen atoms in total. The van der Waals surface area contributed by atoms with Gasteiger partial charge in [-0.25, -0.2) is 0 Å². The van der Waals surface area contributed by atoms with Crippen LogP contribution in [0.2, 0.25) is 0 Å². The van der Waals surface area contributed by atoms with Gasteiger partial charge in [0.1, 0.15) is 0 Å². The Morgan fingerprint density at radius 1 is 1.08 bits per heavy atom. The molecule has 0 heteroatoms.